The van der Waals surface area contributed by atoms with Crippen molar-refractivity contribution in [1.29, 1.82) is 0 Å². The maximum atomic E-state index is 12.8. The molecule has 8 nitrogen and oxygen atoms in total. The summed E-state index contributed by atoms with van der Waals surface area (Å²) < 4.78 is 6.88. The zero-order valence-electron chi connectivity index (χ0n) is 19.6. The third-order valence-corrected chi connectivity index (χ3v) is 5.80. The van der Waals surface area contributed by atoms with Crippen LogP contribution in [0.1, 0.15) is 26.5 Å². The predicted octanol–water partition coefficient (Wildman–Crippen LogP) is 5.59. The molecule has 1 heterocycles. The monoisotopic (exact) mass is 503 g/mol. The summed E-state index contributed by atoms with van der Waals surface area (Å²) in [4.78, 5) is 26.6. The van der Waals surface area contributed by atoms with Crippen LogP contribution in [0.25, 0.3) is 5.69 Å². The number of anilines is 2. The van der Waals surface area contributed by atoms with E-state index in [-0.39, 0.29) is 22.9 Å². The van der Waals surface area contributed by atoms with Gasteiger partial charge in [0.2, 0.25) is 5.91 Å². The van der Waals surface area contributed by atoms with E-state index in [1.807, 2.05) is 51.1 Å². The quantitative estimate of drug-likeness (QED) is 0.458. The van der Waals surface area contributed by atoms with E-state index in [2.05, 4.69) is 15.7 Å². The van der Waals surface area contributed by atoms with Gasteiger partial charge in [-0.3, -0.25) is 4.79 Å². The number of carbonyl (C=O) groups excluding carboxylic acids is 2. The van der Waals surface area contributed by atoms with Crippen LogP contribution >= 0.6 is 23.2 Å². The molecule has 2 N–H and O–H groups in total. The number of hydrogen-bond acceptors (Lipinski definition) is 4. The topological polar surface area (TPSA) is 88.5 Å². The van der Waals surface area contributed by atoms with Crippen LogP contribution in [0, 0.1) is 0 Å². The Morgan fingerprint density at radius 2 is 1.76 bits per heavy atom. The number of aromatic nitrogens is 2. The highest BCUT2D eigenvalue weighted by Crippen LogP contribution is 2.30. The van der Waals surface area contributed by atoms with Crippen LogP contribution in [-0.4, -0.2) is 47.3 Å². The Morgan fingerprint density at radius 1 is 1.09 bits per heavy atom. The molecule has 0 saturated carbocycles. The second-order valence-electron chi connectivity index (χ2n) is 8.71. The molecule has 0 aliphatic rings. The Bertz CT molecular complexity index is 1190. The molecule has 3 amide bonds. The van der Waals surface area contributed by atoms with Crippen LogP contribution < -0.4 is 15.4 Å². The summed E-state index contributed by atoms with van der Waals surface area (Å²) in [7, 11) is 3.11. The molecule has 0 saturated heterocycles. The van der Waals surface area contributed by atoms with Gasteiger partial charge in [-0.2, -0.15) is 5.10 Å². The van der Waals surface area contributed by atoms with Crippen molar-refractivity contribution in [3.8, 4) is 11.4 Å². The fourth-order valence-electron chi connectivity index (χ4n) is 3.04. The fourth-order valence-corrected chi connectivity index (χ4v) is 3.39. The van der Waals surface area contributed by atoms with Gasteiger partial charge in [-0.05, 0) is 36.4 Å². The first kappa shape index (κ1) is 25.4. The standard InChI is InChI=1S/C24H27Cl2N5O3/c1-24(2,3)19-13-20(31(29-19)15-9-11-16(34-5)12-10-15)28-21(32)14-30(4)23(33)27-18-8-6-7-17(25)22(18)26/h6-13H,14H2,1-5H3,(H,27,33)(H,28,32). The highest BCUT2D eigenvalue weighted by molar-refractivity contribution is 6.43. The number of halogens is 2. The van der Waals surface area contributed by atoms with Crippen molar-refractivity contribution in [1.82, 2.24) is 14.7 Å². The third-order valence-electron chi connectivity index (χ3n) is 4.98. The Labute approximate surface area is 208 Å². The number of methoxy groups -OCH3 is 1. The average molecular weight is 504 g/mol. The van der Waals surface area contributed by atoms with Crippen molar-refractivity contribution in [2.75, 3.05) is 31.3 Å². The van der Waals surface area contributed by atoms with Gasteiger partial charge in [-0.15, -0.1) is 0 Å². The normalized spacial score (nSPS) is 11.1. The summed E-state index contributed by atoms with van der Waals surface area (Å²) in [6, 6.07) is 13.6. The van der Waals surface area contributed by atoms with E-state index in [9.17, 15) is 9.59 Å². The lowest BCUT2D eigenvalue weighted by atomic mass is 9.92. The summed E-state index contributed by atoms with van der Waals surface area (Å²) in [5.41, 5.74) is 1.69. The Kier molecular flexibility index (Phi) is 7.74. The molecule has 34 heavy (non-hydrogen) atoms. The highest BCUT2D eigenvalue weighted by atomic mass is 35.5. The summed E-state index contributed by atoms with van der Waals surface area (Å²) in [5, 5.41) is 10.8. The maximum absolute atomic E-state index is 12.8. The van der Waals surface area contributed by atoms with Crippen LogP contribution in [0.3, 0.4) is 0 Å². The first-order valence-electron chi connectivity index (χ1n) is 10.5. The molecule has 2 aromatic carbocycles. The van der Waals surface area contributed by atoms with Gasteiger partial charge in [0.05, 0.1) is 34.2 Å². The van der Waals surface area contributed by atoms with Crippen molar-refractivity contribution < 1.29 is 14.3 Å². The lowest BCUT2D eigenvalue weighted by Crippen LogP contribution is -2.38. The number of benzene rings is 2. The molecule has 10 heteroatoms. The van der Waals surface area contributed by atoms with E-state index in [1.54, 1.807) is 30.0 Å². The van der Waals surface area contributed by atoms with Gasteiger partial charge in [0.25, 0.3) is 0 Å². The largest absolute Gasteiger partial charge is 0.497 e. The Hall–Kier alpha value is -3.23. The molecule has 0 atom stereocenters. The molecule has 0 unspecified atom stereocenters. The van der Waals surface area contributed by atoms with Gasteiger partial charge in [0.15, 0.2) is 0 Å². The number of nitrogens with zero attached hydrogens (tertiary/aromatic N) is 3. The molecule has 3 aromatic rings. The Morgan fingerprint density at radius 3 is 2.38 bits per heavy atom. The lowest BCUT2D eigenvalue weighted by molar-refractivity contribution is -0.116. The number of nitrogens with one attached hydrogen (secondary N) is 2. The SMILES string of the molecule is COc1ccc(-n2nc(C(C)(C)C)cc2NC(=O)CN(C)C(=O)Nc2cccc(Cl)c2Cl)cc1. The van der Waals surface area contributed by atoms with Crippen molar-refractivity contribution in [3.63, 3.8) is 0 Å². The molecule has 3 rings (SSSR count). The number of urea groups is 1. The summed E-state index contributed by atoms with van der Waals surface area (Å²) >= 11 is 12.1. The van der Waals surface area contributed by atoms with Crippen molar-refractivity contribution >= 4 is 46.6 Å². The smallest absolute Gasteiger partial charge is 0.322 e. The summed E-state index contributed by atoms with van der Waals surface area (Å²) in [5.74, 6) is 0.821. The maximum Gasteiger partial charge on any atom is 0.322 e. The fraction of sp³-hybridized carbons (Fsp3) is 0.292. The van der Waals surface area contributed by atoms with Crippen molar-refractivity contribution in [2.24, 2.45) is 0 Å². The van der Waals surface area contributed by atoms with Gasteiger partial charge in [0.1, 0.15) is 18.1 Å². The van der Waals surface area contributed by atoms with E-state index < -0.39 is 6.03 Å². The lowest BCUT2D eigenvalue weighted by Gasteiger charge is -2.18. The second-order valence-corrected chi connectivity index (χ2v) is 9.50. The van der Waals surface area contributed by atoms with Crippen LogP contribution in [0.5, 0.6) is 5.75 Å². The van der Waals surface area contributed by atoms with Crippen LogP contribution in [0.15, 0.2) is 48.5 Å². The van der Waals surface area contributed by atoms with Gasteiger partial charge in [-0.1, -0.05) is 50.0 Å². The van der Waals surface area contributed by atoms with Gasteiger partial charge in [-0.25, -0.2) is 9.48 Å². The van der Waals surface area contributed by atoms with Crippen molar-refractivity contribution in [2.45, 2.75) is 26.2 Å². The summed E-state index contributed by atoms with van der Waals surface area (Å²) in [6.07, 6.45) is 0. The van der Waals surface area contributed by atoms with Crippen LogP contribution in [0.2, 0.25) is 10.0 Å². The molecule has 0 fully saturated rings. The van der Waals surface area contributed by atoms with Gasteiger partial charge >= 0.3 is 6.03 Å². The molecule has 0 radical (unpaired) electrons. The number of amides is 3. The zero-order valence-corrected chi connectivity index (χ0v) is 21.2. The highest BCUT2D eigenvalue weighted by Gasteiger charge is 2.22. The minimum absolute atomic E-state index is 0.192. The van der Waals surface area contributed by atoms with Gasteiger partial charge < -0.3 is 20.3 Å². The number of hydrogen-bond donors (Lipinski definition) is 2. The summed E-state index contributed by atoms with van der Waals surface area (Å²) in [6.45, 7) is 5.93. The number of rotatable bonds is 6. The molecule has 0 aliphatic carbocycles. The molecule has 0 spiro atoms. The predicted molar refractivity (Wildman–Crippen MR) is 136 cm³/mol. The van der Waals surface area contributed by atoms with Crippen LogP contribution in [0.4, 0.5) is 16.3 Å². The first-order chi connectivity index (χ1) is 16.0. The van der Waals surface area contributed by atoms with E-state index in [0.717, 1.165) is 11.4 Å². The second kappa shape index (κ2) is 10.4. The van der Waals surface area contributed by atoms with E-state index in [1.165, 1.54) is 11.9 Å². The molecule has 1 aromatic heterocycles. The molecule has 0 aliphatic heterocycles. The van der Waals surface area contributed by atoms with Crippen molar-refractivity contribution in [3.05, 3.63) is 64.3 Å². The first-order valence-corrected chi connectivity index (χ1v) is 11.3. The van der Waals surface area contributed by atoms with E-state index in [0.29, 0.717) is 22.3 Å². The molecule has 180 valence electrons. The Balaban J connectivity index is 1.75. The number of ether oxygens (including phenoxy) is 1. The molecular weight excluding hydrogens is 477 g/mol. The van der Waals surface area contributed by atoms with Gasteiger partial charge in [0, 0.05) is 18.5 Å². The van der Waals surface area contributed by atoms with Crippen LogP contribution in [-0.2, 0) is 10.2 Å². The number of likely N-dealkylation sites (N-methyl/N-ethyl adjacent to an activating group) is 1. The molecular formula is C24H27Cl2N5O3. The minimum atomic E-state index is -0.502. The average Bonchev–Trinajstić information content (AvgIpc) is 3.21. The third kappa shape index (κ3) is 6.01. The minimum Gasteiger partial charge on any atom is -0.497 e. The molecule has 0 bridgehead atoms. The number of carbonyl (C=O) groups is 2. The van der Waals surface area contributed by atoms with E-state index >= 15 is 0 Å². The zero-order chi connectivity index (χ0) is 25.0. The van der Waals surface area contributed by atoms with E-state index in [4.69, 9.17) is 27.9 Å².